The highest BCUT2D eigenvalue weighted by Gasteiger charge is 2.30. The lowest BCUT2D eigenvalue weighted by molar-refractivity contribution is -0.137. The SMILES string of the molecule is O=C(NC1CCNCC1)c1cccc2ccc(-c3cccc(C(F)(F)F)c3)nc12. The number of amides is 1. The molecule has 1 aromatic heterocycles. The second-order valence-corrected chi connectivity index (χ2v) is 7.15. The lowest BCUT2D eigenvalue weighted by atomic mass is 10.0. The fourth-order valence-corrected chi connectivity index (χ4v) is 3.58. The predicted molar refractivity (Wildman–Crippen MR) is 106 cm³/mol. The van der Waals surface area contributed by atoms with Crippen molar-refractivity contribution < 1.29 is 18.0 Å². The number of rotatable bonds is 3. The highest BCUT2D eigenvalue weighted by molar-refractivity contribution is 6.06. The van der Waals surface area contributed by atoms with Crippen molar-refractivity contribution in [1.82, 2.24) is 15.6 Å². The van der Waals surface area contributed by atoms with E-state index in [1.165, 1.54) is 6.07 Å². The van der Waals surface area contributed by atoms with E-state index in [0.717, 1.165) is 43.5 Å². The molecule has 0 unspecified atom stereocenters. The standard InChI is InChI=1S/C22H20F3N3O/c23-22(24,25)16-5-1-4-15(13-16)19-8-7-14-3-2-6-18(20(14)28-19)21(29)27-17-9-11-26-12-10-17/h1-8,13,17,26H,9-12H2,(H,27,29). The second kappa shape index (κ2) is 7.83. The molecule has 0 aliphatic carbocycles. The van der Waals surface area contributed by atoms with Gasteiger partial charge in [-0.05, 0) is 50.2 Å². The normalized spacial score (nSPS) is 15.4. The number of alkyl halides is 3. The molecule has 29 heavy (non-hydrogen) atoms. The van der Waals surface area contributed by atoms with Gasteiger partial charge in [0.2, 0.25) is 0 Å². The Morgan fingerprint density at radius 1 is 1.03 bits per heavy atom. The number of nitrogens with zero attached hydrogens (tertiary/aromatic N) is 1. The van der Waals surface area contributed by atoms with E-state index in [0.29, 0.717) is 22.3 Å². The minimum atomic E-state index is -4.42. The van der Waals surface area contributed by atoms with Crippen LogP contribution >= 0.6 is 0 Å². The van der Waals surface area contributed by atoms with Crippen LogP contribution in [0.5, 0.6) is 0 Å². The first kappa shape index (κ1) is 19.4. The first-order valence-corrected chi connectivity index (χ1v) is 9.51. The number of piperidine rings is 1. The number of nitrogens with one attached hydrogen (secondary N) is 2. The van der Waals surface area contributed by atoms with E-state index in [9.17, 15) is 18.0 Å². The number of aromatic nitrogens is 1. The van der Waals surface area contributed by atoms with E-state index >= 15 is 0 Å². The molecule has 0 radical (unpaired) electrons. The van der Waals surface area contributed by atoms with Gasteiger partial charge in [-0.15, -0.1) is 0 Å². The Morgan fingerprint density at radius 2 is 1.79 bits per heavy atom. The number of carbonyl (C=O) groups excluding carboxylic acids is 1. The minimum absolute atomic E-state index is 0.102. The van der Waals surface area contributed by atoms with E-state index in [4.69, 9.17) is 0 Å². The van der Waals surface area contributed by atoms with Crippen LogP contribution in [-0.2, 0) is 6.18 Å². The Morgan fingerprint density at radius 3 is 2.55 bits per heavy atom. The maximum absolute atomic E-state index is 13.1. The van der Waals surface area contributed by atoms with Crippen molar-refractivity contribution in [2.45, 2.75) is 25.1 Å². The molecule has 0 saturated carbocycles. The lowest BCUT2D eigenvalue weighted by Gasteiger charge is -2.23. The number of halogens is 3. The zero-order valence-electron chi connectivity index (χ0n) is 15.6. The number of hydrogen-bond donors (Lipinski definition) is 2. The Bertz CT molecular complexity index is 1040. The molecule has 0 atom stereocenters. The molecule has 4 rings (SSSR count). The van der Waals surface area contributed by atoms with Gasteiger partial charge in [0.1, 0.15) is 0 Å². The Labute approximate surface area is 166 Å². The first-order chi connectivity index (χ1) is 13.9. The molecule has 1 saturated heterocycles. The van der Waals surface area contributed by atoms with E-state index in [1.54, 1.807) is 30.3 Å². The molecular formula is C22H20F3N3O. The third-order valence-corrected chi connectivity index (χ3v) is 5.12. The van der Waals surface area contributed by atoms with Crippen molar-refractivity contribution in [3.8, 4) is 11.3 Å². The first-order valence-electron chi connectivity index (χ1n) is 9.51. The average Bonchev–Trinajstić information content (AvgIpc) is 2.73. The van der Waals surface area contributed by atoms with E-state index in [-0.39, 0.29) is 11.9 Å². The fraction of sp³-hybridized carbons (Fsp3) is 0.273. The molecule has 3 aromatic rings. The van der Waals surface area contributed by atoms with Gasteiger partial charge in [0.25, 0.3) is 5.91 Å². The molecule has 7 heteroatoms. The van der Waals surface area contributed by atoms with Crippen LogP contribution in [0.3, 0.4) is 0 Å². The number of benzene rings is 2. The van der Waals surface area contributed by atoms with Crippen molar-refractivity contribution in [3.63, 3.8) is 0 Å². The van der Waals surface area contributed by atoms with Crippen molar-refractivity contribution >= 4 is 16.8 Å². The van der Waals surface area contributed by atoms with Crippen LogP contribution in [0, 0.1) is 0 Å². The minimum Gasteiger partial charge on any atom is -0.349 e. The zero-order valence-corrected chi connectivity index (χ0v) is 15.6. The van der Waals surface area contributed by atoms with Crippen LogP contribution in [0.25, 0.3) is 22.2 Å². The summed E-state index contributed by atoms with van der Waals surface area (Å²) in [4.78, 5) is 17.4. The van der Waals surface area contributed by atoms with Crippen LogP contribution < -0.4 is 10.6 Å². The molecule has 0 bridgehead atoms. The maximum atomic E-state index is 13.1. The Hall–Kier alpha value is -2.93. The summed E-state index contributed by atoms with van der Waals surface area (Å²) in [6.07, 6.45) is -2.70. The molecule has 4 nitrogen and oxygen atoms in total. The van der Waals surface area contributed by atoms with Crippen LogP contribution in [0.2, 0.25) is 0 Å². The molecule has 2 heterocycles. The molecule has 0 spiro atoms. The summed E-state index contributed by atoms with van der Waals surface area (Å²) in [6.45, 7) is 1.72. The number of para-hydroxylation sites is 1. The summed E-state index contributed by atoms with van der Waals surface area (Å²) < 4.78 is 39.2. The monoisotopic (exact) mass is 399 g/mol. The topological polar surface area (TPSA) is 54.0 Å². The smallest absolute Gasteiger partial charge is 0.349 e. The molecular weight excluding hydrogens is 379 g/mol. The zero-order chi connectivity index (χ0) is 20.4. The van der Waals surface area contributed by atoms with Crippen molar-refractivity contribution in [2.24, 2.45) is 0 Å². The van der Waals surface area contributed by atoms with Gasteiger partial charge in [0.05, 0.1) is 22.3 Å². The summed E-state index contributed by atoms with van der Waals surface area (Å²) in [6, 6.07) is 13.9. The summed E-state index contributed by atoms with van der Waals surface area (Å²) in [7, 11) is 0. The van der Waals surface area contributed by atoms with Gasteiger partial charge in [0.15, 0.2) is 0 Å². The summed E-state index contributed by atoms with van der Waals surface area (Å²) in [5.41, 5.74) is 0.929. The van der Waals surface area contributed by atoms with Gasteiger partial charge >= 0.3 is 6.18 Å². The maximum Gasteiger partial charge on any atom is 0.416 e. The quantitative estimate of drug-likeness (QED) is 0.686. The fourth-order valence-electron chi connectivity index (χ4n) is 3.58. The molecule has 1 aliphatic heterocycles. The number of hydrogen-bond acceptors (Lipinski definition) is 3. The number of fused-ring (bicyclic) bond motifs is 1. The Balaban J connectivity index is 1.70. The van der Waals surface area contributed by atoms with Gasteiger partial charge < -0.3 is 10.6 Å². The molecule has 2 N–H and O–H groups in total. The third kappa shape index (κ3) is 4.24. The second-order valence-electron chi connectivity index (χ2n) is 7.15. The van der Waals surface area contributed by atoms with E-state index in [2.05, 4.69) is 15.6 Å². The highest BCUT2D eigenvalue weighted by Crippen LogP contribution is 2.32. The van der Waals surface area contributed by atoms with Crippen molar-refractivity contribution in [1.29, 1.82) is 0 Å². The van der Waals surface area contributed by atoms with Gasteiger partial charge in [-0.2, -0.15) is 13.2 Å². The average molecular weight is 399 g/mol. The number of carbonyl (C=O) groups is 1. The van der Waals surface area contributed by atoms with Crippen LogP contribution in [0.4, 0.5) is 13.2 Å². The Kier molecular flexibility index (Phi) is 5.24. The van der Waals surface area contributed by atoms with Gasteiger partial charge in [-0.25, -0.2) is 4.98 Å². The predicted octanol–water partition coefficient (Wildman–Crippen LogP) is 4.40. The molecule has 1 aliphatic rings. The van der Waals surface area contributed by atoms with E-state index < -0.39 is 11.7 Å². The van der Waals surface area contributed by atoms with Gasteiger partial charge in [-0.3, -0.25) is 4.79 Å². The highest BCUT2D eigenvalue weighted by atomic mass is 19.4. The van der Waals surface area contributed by atoms with Crippen LogP contribution in [0.1, 0.15) is 28.8 Å². The van der Waals surface area contributed by atoms with Crippen molar-refractivity contribution in [3.05, 3.63) is 65.7 Å². The van der Waals surface area contributed by atoms with Crippen molar-refractivity contribution in [2.75, 3.05) is 13.1 Å². The van der Waals surface area contributed by atoms with Crippen LogP contribution in [0.15, 0.2) is 54.6 Å². The summed E-state index contributed by atoms with van der Waals surface area (Å²) in [5, 5.41) is 7.06. The molecule has 2 aromatic carbocycles. The third-order valence-electron chi connectivity index (χ3n) is 5.12. The largest absolute Gasteiger partial charge is 0.416 e. The summed E-state index contributed by atoms with van der Waals surface area (Å²) >= 11 is 0. The number of pyridine rings is 1. The van der Waals surface area contributed by atoms with Gasteiger partial charge in [0, 0.05) is 17.0 Å². The van der Waals surface area contributed by atoms with Gasteiger partial charge in [-0.1, -0.05) is 30.3 Å². The molecule has 1 fully saturated rings. The molecule has 1 amide bonds. The van der Waals surface area contributed by atoms with Crippen LogP contribution in [-0.4, -0.2) is 30.0 Å². The summed E-state index contributed by atoms with van der Waals surface area (Å²) in [5.74, 6) is -0.212. The lowest BCUT2D eigenvalue weighted by Crippen LogP contribution is -2.42. The van der Waals surface area contributed by atoms with E-state index in [1.807, 2.05) is 6.07 Å². The molecule has 150 valence electrons.